The minimum atomic E-state index is -0.256. The van der Waals surface area contributed by atoms with Gasteiger partial charge < -0.3 is 14.5 Å². The van der Waals surface area contributed by atoms with Crippen molar-refractivity contribution in [1.29, 1.82) is 0 Å². The lowest BCUT2D eigenvalue weighted by Gasteiger charge is -2.34. The molecule has 1 aliphatic rings. The van der Waals surface area contributed by atoms with Crippen LogP contribution in [-0.2, 0) is 16.1 Å². The Hall–Kier alpha value is -3.79. The van der Waals surface area contributed by atoms with Crippen molar-refractivity contribution in [3.8, 4) is 10.6 Å². The smallest absolute Gasteiger partial charge is 0.310 e. The first kappa shape index (κ1) is 24.9. The number of esters is 1. The predicted molar refractivity (Wildman–Crippen MR) is 141 cm³/mol. The normalized spacial score (nSPS) is 15.6. The van der Waals surface area contributed by atoms with Crippen LogP contribution in [-0.4, -0.2) is 58.8 Å². The summed E-state index contributed by atoms with van der Waals surface area (Å²) in [6.45, 7) is 5.37. The Morgan fingerprint density at radius 1 is 1.22 bits per heavy atom. The number of benzene rings is 1. The van der Waals surface area contributed by atoms with Gasteiger partial charge in [-0.15, -0.1) is 11.3 Å². The highest BCUT2D eigenvalue weighted by Crippen LogP contribution is 2.35. The molecule has 1 aliphatic heterocycles. The number of hydrogen-bond donors (Lipinski definition) is 0. The fourth-order valence-corrected chi connectivity index (χ4v) is 5.65. The van der Waals surface area contributed by atoms with Crippen LogP contribution in [0.15, 0.2) is 47.1 Å². The summed E-state index contributed by atoms with van der Waals surface area (Å²) < 4.78 is 11.3. The molecule has 0 N–H and O–H groups in total. The van der Waals surface area contributed by atoms with Crippen LogP contribution in [0.5, 0.6) is 0 Å². The molecule has 0 unspecified atom stereocenters. The Bertz CT molecular complexity index is 1400. The lowest BCUT2D eigenvalue weighted by Crippen LogP contribution is -2.41. The van der Waals surface area contributed by atoms with Crippen LogP contribution < -0.4 is 4.90 Å². The third-order valence-electron chi connectivity index (χ3n) is 6.60. The van der Waals surface area contributed by atoms with E-state index in [1.807, 2.05) is 36.1 Å². The van der Waals surface area contributed by atoms with E-state index in [2.05, 4.69) is 28.5 Å². The van der Waals surface area contributed by atoms with Gasteiger partial charge in [0, 0.05) is 24.8 Å². The SMILES string of the molecule is CCOC(=O)[C@H]1CCCN(c2nc(-c3cc4ccccc4s3)ccc2C(=O)N(C)Cc2nonc2C)C1. The fraction of sp³-hybridized carbons (Fsp3) is 0.370. The molecule has 1 fully saturated rings. The summed E-state index contributed by atoms with van der Waals surface area (Å²) in [5.41, 5.74) is 2.52. The van der Waals surface area contributed by atoms with Gasteiger partial charge in [-0.3, -0.25) is 9.59 Å². The highest BCUT2D eigenvalue weighted by atomic mass is 32.1. The van der Waals surface area contributed by atoms with Crippen molar-refractivity contribution in [2.45, 2.75) is 33.2 Å². The van der Waals surface area contributed by atoms with Crippen LogP contribution in [0.25, 0.3) is 20.7 Å². The van der Waals surface area contributed by atoms with E-state index < -0.39 is 0 Å². The Morgan fingerprint density at radius 3 is 2.81 bits per heavy atom. The Labute approximate surface area is 219 Å². The second kappa shape index (κ2) is 10.7. The summed E-state index contributed by atoms with van der Waals surface area (Å²) in [4.78, 5) is 35.8. The van der Waals surface area contributed by atoms with Gasteiger partial charge >= 0.3 is 5.97 Å². The van der Waals surface area contributed by atoms with E-state index >= 15 is 0 Å². The molecule has 1 aromatic carbocycles. The van der Waals surface area contributed by atoms with Crippen molar-refractivity contribution < 1.29 is 19.0 Å². The number of fused-ring (bicyclic) bond motifs is 1. The highest BCUT2D eigenvalue weighted by Gasteiger charge is 2.31. The van der Waals surface area contributed by atoms with E-state index in [0.29, 0.717) is 42.5 Å². The van der Waals surface area contributed by atoms with Gasteiger partial charge in [0.1, 0.15) is 17.2 Å². The van der Waals surface area contributed by atoms with Crippen molar-refractivity contribution >= 4 is 39.1 Å². The zero-order valence-electron chi connectivity index (χ0n) is 21.1. The molecule has 5 rings (SSSR count). The third-order valence-corrected chi connectivity index (χ3v) is 7.74. The largest absolute Gasteiger partial charge is 0.466 e. The summed E-state index contributed by atoms with van der Waals surface area (Å²) in [7, 11) is 1.72. The number of carbonyl (C=O) groups is 2. The minimum Gasteiger partial charge on any atom is -0.466 e. The van der Waals surface area contributed by atoms with Gasteiger partial charge in [0.05, 0.1) is 35.2 Å². The molecule has 192 valence electrons. The molecule has 1 atom stereocenters. The summed E-state index contributed by atoms with van der Waals surface area (Å²) >= 11 is 1.67. The van der Waals surface area contributed by atoms with Crippen LogP contribution >= 0.6 is 11.3 Å². The standard InChI is InChI=1S/C27H29N5O4S/c1-4-35-27(34)19-9-7-13-32(15-19)25-20(26(33)31(3)16-22-17(2)29-36-30-22)11-12-21(28-25)24-14-18-8-5-6-10-23(18)37-24/h5-6,8,10-12,14,19H,4,7,9,13,15-16H2,1-3H3/t19-/m0/s1. The Balaban J connectivity index is 1.51. The summed E-state index contributed by atoms with van der Waals surface area (Å²) in [5.74, 6) is -0.0678. The lowest BCUT2D eigenvalue weighted by molar-refractivity contribution is -0.148. The molecule has 0 saturated carbocycles. The number of carbonyl (C=O) groups excluding carboxylic acids is 2. The molecule has 1 saturated heterocycles. The van der Waals surface area contributed by atoms with Crippen molar-refractivity contribution in [1.82, 2.24) is 20.2 Å². The van der Waals surface area contributed by atoms with Gasteiger partial charge in [0.25, 0.3) is 5.91 Å². The van der Waals surface area contributed by atoms with Gasteiger partial charge in [-0.2, -0.15) is 0 Å². The van der Waals surface area contributed by atoms with E-state index in [4.69, 9.17) is 14.3 Å². The second-order valence-corrected chi connectivity index (χ2v) is 10.3. The quantitative estimate of drug-likeness (QED) is 0.324. The van der Waals surface area contributed by atoms with Gasteiger partial charge in [0.2, 0.25) is 0 Å². The number of thiophene rings is 1. The van der Waals surface area contributed by atoms with Crippen molar-refractivity contribution in [3.63, 3.8) is 0 Å². The highest BCUT2D eigenvalue weighted by molar-refractivity contribution is 7.22. The lowest BCUT2D eigenvalue weighted by atomic mass is 9.97. The average molecular weight is 520 g/mol. The maximum Gasteiger partial charge on any atom is 0.310 e. The molecule has 1 amide bonds. The molecule has 3 aromatic heterocycles. The van der Waals surface area contributed by atoms with E-state index in [-0.39, 0.29) is 24.3 Å². The third kappa shape index (κ3) is 5.20. The van der Waals surface area contributed by atoms with Crippen LogP contribution in [0, 0.1) is 12.8 Å². The molecule has 4 aromatic rings. The number of amides is 1. The van der Waals surface area contributed by atoms with Gasteiger partial charge in [-0.05, 0) is 56.3 Å². The van der Waals surface area contributed by atoms with Gasteiger partial charge in [-0.25, -0.2) is 9.61 Å². The zero-order valence-corrected chi connectivity index (χ0v) is 22.0. The molecule has 10 heteroatoms. The Morgan fingerprint density at radius 2 is 2.05 bits per heavy atom. The van der Waals surface area contributed by atoms with Crippen molar-refractivity contribution in [3.05, 3.63) is 59.4 Å². The molecule has 37 heavy (non-hydrogen) atoms. The topological polar surface area (TPSA) is 102 Å². The predicted octanol–water partition coefficient (Wildman–Crippen LogP) is 4.71. The van der Waals surface area contributed by atoms with Crippen molar-refractivity contribution in [2.75, 3.05) is 31.6 Å². The second-order valence-electron chi connectivity index (χ2n) is 9.21. The number of anilines is 1. The molecule has 0 bridgehead atoms. The summed E-state index contributed by atoms with van der Waals surface area (Å²) in [6, 6.07) is 14.1. The zero-order chi connectivity index (χ0) is 25.9. The minimum absolute atomic E-state index is 0.189. The van der Waals surface area contributed by atoms with Crippen LogP contribution in [0.3, 0.4) is 0 Å². The molecule has 0 aliphatic carbocycles. The maximum atomic E-state index is 13.6. The maximum absolute atomic E-state index is 13.6. The van der Waals surface area contributed by atoms with E-state index in [0.717, 1.165) is 28.8 Å². The molecule has 9 nitrogen and oxygen atoms in total. The number of hydrogen-bond acceptors (Lipinski definition) is 9. The average Bonchev–Trinajstić information content (AvgIpc) is 3.54. The number of aryl methyl sites for hydroxylation is 1. The molecule has 0 radical (unpaired) electrons. The Kier molecular flexibility index (Phi) is 7.18. The van der Waals surface area contributed by atoms with Gasteiger partial charge in [0.15, 0.2) is 0 Å². The first-order chi connectivity index (χ1) is 17.9. The van der Waals surface area contributed by atoms with Crippen LogP contribution in [0.1, 0.15) is 41.5 Å². The van der Waals surface area contributed by atoms with E-state index in [9.17, 15) is 9.59 Å². The molecule has 4 heterocycles. The van der Waals surface area contributed by atoms with Crippen LogP contribution in [0.2, 0.25) is 0 Å². The number of pyridine rings is 1. The number of ether oxygens (including phenoxy) is 1. The van der Waals surface area contributed by atoms with Gasteiger partial charge in [-0.1, -0.05) is 28.5 Å². The molecule has 0 spiro atoms. The van der Waals surface area contributed by atoms with E-state index in [1.54, 1.807) is 30.2 Å². The van der Waals surface area contributed by atoms with Crippen molar-refractivity contribution in [2.24, 2.45) is 5.92 Å². The number of rotatable bonds is 7. The number of piperidine rings is 1. The molecular formula is C27H29N5O4S. The van der Waals surface area contributed by atoms with Crippen LogP contribution in [0.4, 0.5) is 5.82 Å². The summed E-state index contributed by atoms with van der Waals surface area (Å²) in [5, 5.41) is 8.87. The van der Waals surface area contributed by atoms with E-state index in [1.165, 1.54) is 4.70 Å². The fourth-order valence-electron chi connectivity index (χ4n) is 4.62. The first-order valence-electron chi connectivity index (χ1n) is 12.4. The monoisotopic (exact) mass is 519 g/mol. The number of aromatic nitrogens is 3. The summed E-state index contributed by atoms with van der Waals surface area (Å²) in [6.07, 6.45) is 1.57. The number of nitrogens with zero attached hydrogens (tertiary/aromatic N) is 5. The first-order valence-corrected chi connectivity index (χ1v) is 13.2. The molecular weight excluding hydrogens is 490 g/mol.